The fourth-order valence-electron chi connectivity index (χ4n) is 2.28. The second-order valence-electron chi connectivity index (χ2n) is 4.95. The molecular weight excluding hydrogens is 300 g/mol. The van der Waals surface area contributed by atoms with E-state index in [-0.39, 0.29) is 18.0 Å². The van der Waals surface area contributed by atoms with Gasteiger partial charge < -0.3 is 5.32 Å². The molecule has 1 fully saturated rings. The van der Waals surface area contributed by atoms with E-state index in [1.807, 2.05) is 0 Å². The number of nitriles is 1. The highest BCUT2D eigenvalue weighted by atomic mass is 32.2. The van der Waals surface area contributed by atoms with E-state index >= 15 is 0 Å². The Morgan fingerprint density at radius 1 is 1.38 bits per heavy atom. The van der Waals surface area contributed by atoms with Gasteiger partial charge >= 0.3 is 0 Å². The van der Waals surface area contributed by atoms with E-state index < -0.39 is 26.6 Å². The van der Waals surface area contributed by atoms with Gasteiger partial charge in [0.25, 0.3) is 0 Å². The van der Waals surface area contributed by atoms with Crippen LogP contribution in [0.1, 0.15) is 18.4 Å². The molecule has 1 aliphatic rings. The van der Waals surface area contributed by atoms with Gasteiger partial charge in [0.1, 0.15) is 11.6 Å². The Morgan fingerprint density at radius 2 is 2.05 bits per heavy atom. The van der Waals surface area contributed by atoms with Crippen LogP contribution in [0.3, 0.4) is 0 Å². The van der Waals surface area contributed by atoms with Crippen molar-refractivity contribution in [3.8, 4) is 6.07 Å². The molecule has 0 saturated carbocycles. The first-order valence-electron chi connectivity index (χ1n) is 6.53. The van der Waals surface area contributed by atoms with Gasteiger partial charge in [-0.05, 0) is 44.0 Å². The first-order chi connectivity index (χ1) is 9.94. The number of halogens is 2. The van der Waals surface area contributed by atoms with Gasteiger partial charge in [-0.2, -0.15) is 5.26 Å². The summed E-state index contributed by atoms with van der Waals surface area (Å²) in [5.74, 6) is -2.43. The molecule has 114 valence electrons. The number of benzene rings is 1. The third kappa shape index (κ3) is 3.75. The maximum atomic E-state index is 13.7. The normalized spacial score (nSPS) is 19.2. The maximum Gasteiger partial charge on any atom is 0.246 e. The van der Waals surface area contributed by atoms with Crippen molar-refractivity contribution in [3.63, 3.8) is 0 Å². The Labute approximate surface area is 122 Å². The van der Waals surface area contributed by atoms with Crippen LogP contribution in [0.15, 0.2) is 17.0 Å². The van der Waals surface area contributed by atoms with Crippen LogP contribution in [0.4, 0.5) is 8.78 Å². The molecule has 0 bridgehead atoms. The van der Waals surface area contributed by atoms with E-state index in [1.165, 1.54) is 0 Å². The second kappa shape index (κ2) is 6.47. The van der Waals surface area contributed by atoms with Crippen molar-refractivity contribution in [2.45, 2.75) is 17.7 Å². The number of piperidine rings is 1. The average Bonchev–Trinajstić information content (AvgIpc) is 2.45. The predicted molar refractivity (Wildman–Crippen MR) is 71.9 cm³/mol. The number of rotatable bonds is 4. The highest BCUT2D eigenvalue weighted by Gasteiger charge is 2.26. The van der Waals surface area contributed by atoms with Crippen molar-refractivity contribution >= 4 is 10.0 Å². The summed E-state index contributed by atoms with van der Waals surface area (Å²) >= 11 is 0. The molecule has 1 aromatic rings. The van der Waals surface area contributed by atoms with Crippen LogP contribution in [0.25, 0.3) is 0 Å². The Morgan fingerprint density at radius 3 is 2.57 bits per heavy atom. The van der Waals surface area contributed by atoms with Crippen molar-refractivity contribution in [1.82, 2.24) is 10.0 Å². The van der Waals surface area contributed by atoms with Crippen LogP contribution in [-0.4, -0.2) is 28.1 Å². The molecule has 2 N–H and O–H groups in total. The van der Waals surface area contributed by atoms with Gasteiger partial charge in [0.2, 0.25) is 10.0 Å². The molecule has 1 heterocycles. The standard InChI is InChI=1S/C13H15F2N3O2S/c14-11-4-10(6-16)5-12(15)13(11)21(19,20)18-8-9-2-1-3-17-7-9/h4-5,9,17-18H,1-3,7-8H2/t9-/m1/s1. The van der Waals surface area contributed by atoms with Crippen molar-refractivity contribution in [2.75, 3.05) is 19.6 Å². The molecule has 0 spiro atoms. The van der Waals surface area contributed by atoms with Gasteiger partial charge in [-0.25, -0.2) is 21.9 Å². The van der Waals surface area contributed by atoms with E-state index in [2.05, 4.69) is 10.0 Å². The molecule has 2 rings (SSSR count). The fraction of sp³-hybridized carbons (Fsp3) is 0.462. The van der Waals surface area contributed by atoms with E-state index in [0.717, 1.165) is 19.4 Å². The molecule has 0 aromatic heterocycles. The van der Waals surface area contributed by atoms with Crippen molar-refractivity contribution in [2.24, 2.45) is 5.92 Å². The topological polar surface area (TPSA) is 82.0 Å². The lowest BCUT2D eigenvalue weighted by molar-refractivity contribution is 0.375. The molecular formula is C13H15F2N3O2S. The molecule has 1 saturated heterocycles. The van der Waals surface area contributed by atoms with Gasteiger partial charge in [-0.1, -0.05) is 0 Å². The van der Waals surface area contributed by atoms with Gasteiger partial charge in [0.15, 0.2) is 4.90 Å². The molecule has 8 heteroatoms. The van der Waals surface area contributed by atoms with Crippen LogP contribution in [0, 0.1) is 28.9 Å². The Bertz CT molecular complexity index is 641. The van der Waals surface area contributed by atoms with Crippen LogP contribution in [0.5, 0.6) is 0 Å². The zero-order chi connectivity index (χ0) is 15.5. The summed E-state index contributed by atoms with van der Waals surface area (Å²) in [6.07, 6.45) is 1.79. The van der Waals surface area contributed by atoms with Crippen molar-refractivity contribution in [3.05, 3.63) is 29.3 Å². The van der Waals surface area contributed by atoms with Gasteiger partial charge in [0.05, 0.1) is 11.6 Å². The van der Waals surface area contributed by atoms with Crippen LogP contribution >= 0.6 is 0 Å². The van der Waals surface area contributed by atoms with E-state index in [0.29, 0.717) is 18.7 Å². The monoisotopic (exact) mass is 315 g/mol. The van der Waals surface area contributed by atoms with Crippen molar-refractivity contribution in [1.29, 1.82) is 5.26 Å². The van der Waals surface area contributed by atoms with Crippen LogP contribution in [0.2, 0.25) is 0 Å². The smallest absolute Gasteiger partial charge is 0.246 e. The third-order valence-corrected chi connectivity index (χ3v) is 4.83. The summed E-state index contributed by atoms with van der Waals surface area (Å²) in [6.45, 7) is 1.68. The maximum absolute atomic E-state index is 13.7. The minimum atomic E-state index is -4.28. The molecule has 1 aliphatic heterocycles. The van der Waals surface area contributed by atoms with Gasteiger partial charge in [-0.3, -0.25) is 0 Å². The SMILES string of the molecule is N#Cc1cc(F)c(S(=O)(=O)NC[C@@H]2CCCNC2)c(F)c1. The lowest BCUT2D eigenvalue weighted by Crippen LogP contribution is -2.38. The Hall–Kier alpha value is -1.56. The molecule has 1 aromatic carbocycles. The number of nitrogens with one attached hydrogen (secondary N) is 2. The first kappa shape index (κ1) is 15.8. The second-order valence-corrected chi connectivity index (χ2v) is 6.65. The number of sulfonamides is 1. The lowest BCUT2D eigenvalue weighted by Gasteiger charge is -2.22. The summed E-state index contributed by atoms with van der Waals surface area (Å²) < 4.78 is 53.7. The lowest BCUT2D eigenvalue weighted by atomic mass is 10.0. The molecule has 0 amide bonds. The minimum Gasteiger partial charge on any atom is -0.316 e. The molecule has 0 radical (unpaired) electrons. The van der Waals surface area contributed by atoms with E-state index in [9.17, 15) is 17.2 Å². The summed E-state index contributed by atoms with van der Waals surface area (Å²) in [6, 6.07) is 2.98. The fourth-order valence-corrected chi connectivity index (χ4v) is 3.51. The summed E-state index contributed by atoms with van der Waals surface area (Å²) in [5, 5.41) is 11.7. The summed E-state index contributed by atoms with van der Waals surface area (Å²) in [4.78, 5) is -1.04. The van der Waals surface area contributed by atoms with Gasteiger partial charge in [-0.15, -0.1) is 0 Å². The molecule has 21 heavy (non-hydrogen) atoms. The van der Waals surface area contributed by atoms with E-state index in [1.54, 1.807) is 6.07 Å². The molecule has 0 unspecified atom stereocenters. The van der Waals surface area contributed by atoms with Crippen LogP contribution in [-0.2, 0) is 10.0 Å². The molecule has 5 nitrogen and oxygen atoms in total. The summed E-state index contributed by atoms with van der Waals surface area (Å²) in [7, 11) is -4.28. The van der Waals surface area contributed by atoms with Crippen LogP contribution < -0.4 is 10.0 Å². The molecule has 1 atom stereocenters. The first-order valence-corrected chi connectivity index (χ1v) is 8.02. The molecule has 0 aliphatic carbocycles. The predicted octanol–water partition coefficient (Wildman–Crippen LogP) is 1.11. The zero-order valence-electron chi connectivity index (χ0n) is 11.2. The zero-order valence-corrected chi connectivity index (χ0v) is 12.0. The van der Waals surface area contributed by atoms with Gasteiger partial charge in [0, 0.05) is 6.54 Å². The largest absolute Gasteiger partial charge is 0.316 e. The highest BCUT2D eigenvalue weighted by molar-refractivity contribution is 7.89. The average molecular weight is 315 g/mol. The number of hydrogen-bond donors (Lipinski definition) is 2. The summed E-state index contributed by atoms with van der Waals surface area (Å²) in [5.41, 5.74) is -0.263. The van der Waals surface area contributed by atoms with Crippen molar-refractivity contribution < 1.29 is 17.2 Å². The highest BCUT2D eigenvalue weighted by Crippen LogP contribution is 2.20. The van der Waals surface area contributed by atoms with E-state index in [4.69, 9.17) is 5.26 Å². The Kier molecular flexibility index (Phi) is 4.88. The quantitative estimate of drug-likeness (QED) is 0.872. The minimum absolute atomic E-state index is 0.0954. The number of nitrogens with zero attached hydrogens (tertiary/aromatic N) is 1. The number of hydrogen-bond acceptors (Lipinski definition) is 4. The Balaban J connectivity index is 2.17. The third-order valence-electron chi connectivity index (χ3n) is 3.36.